The molecule has 0 aliphatic heterocycles. The Kier molecular flexibility index (Phi) is 4.20. The summed E-state index contributed by atoms with van der Waals surface area (Å²) < 4.78 is 0. The number of hydrogen-bond acceptors (Lipinski definition) is 2. The van der Waals surface area contributed by atoms with E-state index < -0.39 is 0 Å². The van der Waals surface area contributed by atoms with Crippen molar-refractivity contribution in [2.75, 3.05) is 13.1 Å². The Morgan fingerprint density at radius 3 is 2.56 bits per heavy atom. The van der Waals surface area contributed by atoms with Crippen LogP contribution in [0.2, 0.25) is 0 Å². The monoisotopic (exact) mass is 247 g/mol. The maximum atomic E-state index is 11.6. The van der Waals surface area contributed by atoms with Crippen LogP contribution in [0.25, 0.3) is 0 Å². The number of carbonyl (C=O) groups is 1. The fourth-order valence-corrected chi connectivity index (χ4v) is 2.11. The van der Waals surface area contributed by atoms with Gasteiger partial charge in [-0.25, -0.2) is 4.79 Å². The van der Waals surface area contributed by atoms with E-state index in [0.29, 0.717) is 18.5 Å². The lowest BCUT2D eigenvalue weighted by atomic mass is 10.0. The molecule has 98 valence electrons. The number of carbonyl (C=O) groups excluding carboxylic acids is 1. The van der Waals surface area contributed by atoms with Crippen molar-refractivity contribution in [3.8, 4) is 0 Å². The van der Waals surface area contributed by atoms with Crippen LogP contribution in [0.5, 0.6) is 0 Å². The summed E-state index contributed by atoms with van der Waals surface area (Å²) in [7, 11) is 0. The van der Waals surface area contributed by atoms with Gasteiger partial charge in [0.15, 0.2) is 0 Å². The molecule has 4 heteroatoms. The highest BCUT2D eigenvalue weighted by atomic mass is 16.2. The zero-order valence-corrected chi connectivity index (χ0v) is 10.6. The molecule has 2 rings (SSSR count). The van der Waals surface area contributed by atoms with Crippen molar-refractivity contribution in [3.05, 3.63) is 35.9 Å². The van der Waals surface area contributed by atoms with Crippen LogP contribution in [0.15, 0.2) is 30.3 Å². The molecular formula is C14H21N3O. The van der Waals surface area contributed by atoms with Gasteiger partial charge in [-0.2, -0.15) is 0 Å². The van der Waals surface area contributed by atoms with Gasteiger partial charge in [0.2, 0.25) is 0 Å². The molecule has 1 aliphatic carbocycles. The van der Waals surface area contributed by atoms with Crippen molar-refractivity contribution in [1.82, 2.24) is 10.6 Å². The van der Waals surface area contributed by atoms with Crippen LogP contribution in [-0.4, -0.2) is 19.1 Å². The first-order chi connectivity index (χ1) is 8.74. The average Bonchev–Trinajstić information content (AvgIpc) is 3.16. The predicted molar refractivity (Wildman–Crippen MR) is 72.0 cm³/mol. The Bertz CT molecular complexity index is 387. The smallest absolute Gasteiger partial charge is 0.315 e. The number of nitrogens with two attached hydrogens (primary N) is 1. The minimum Gasteiger partial charge on any atom is -0.338 e. The summed E-state index contributed by atoms with van der Waals surface area (Å²) in [6.07, 6.45) is 3.37. The normalized spacial score (nSPS) is 16.1. The molecule has 1 aromatic carbocycles. The van der Waals surface area contributed by atoms with E-state index >= 15 is 0 Å². The van der Waals surface area contributed by atoms with Crippen molar-refractivity contribution >= 4 is 6.03 Å². The van der Waals surface area contributed by atoms with Crippen LogP contribution in [0.4, 0.5) is 4.79 Å². The van der Waals surface area contributed by atoms with Crippen molar-refractivity contribution in [3.63, 3.8) is 0 Å². The molecule has 0 radical (unpaired) electrons. The van der Waals surface area contributed by atoms with E-state index in [1.54, 1.807) is 0 Å². The summed E-state index contributed by atoms with van der Waals surface area (Å²) in [5.74, 6) is 0. The first-order valence-electron chi connectivity index (χ1n) is 6.50. The fourth-order valence-electron chi connectivity index (χ4n) is 2.11. The van der Waals surface area contributed by atoms with Crippen molar-refractivity contribution in [2.24, 2.45) is 11.1 Å². The van der Waals surface area contributed by atoms with Crippen molar-refractivity contribution < 1.29 is 4.79 Å². The second-order valence-corrected chi connectivity index (χ2v) is 5.06. The van der Waals surface area contributed by atoms with Crippen LogP contribution < -0.4 is 16.4 Å². The minimum atomic E-state index is -0.0952. The molecular weight excluding hydrogens is 226 g/mol. The minimum absolute atomic E-state index is 0.0952. The van der Waals surface area contributed by atoms with Gasteiger partial charge < -0.3 is 16.4 Å². The van der Waals surface area contributed by atoms with Gasteiger partial charge in [-0.3, -0.25) is 0 Å². The van der Waals surface area contributed by atoms with Gasteiger partial charge in [0, 0.05) is 13.1 Å². The topological polar surface area (TPSA) is 67.1 Å². The highest BCUT2D eigenvalue weighted by molar-refractivity contribution is 5.73. The Labute approximate surface area is 108 Å². The van der Waals surface area contributed by atoms with Crippen LogP contribution in [0.3, 0.4) is 0 Å². The van der Waals surface area contributed by atoms with E-state index in [9.17, 15) is 4.79 Å². The zero-order valence-electron chi connectivity index (χ0n) is 10.6. The van der Waals surface area contributed by atoms with Gasteiger partial charge in [-0.05, 0) is 36.8 Å². The SMILES string of the molecule is NCCC1(CNC(=O)NCc2ccccc2)CC1. The van der Waals surface area contributed by atoms with Gasteiger partial charge in [0.1, 0.15) is 0 Å². The third kappa shape index (κ3) is 3.74. The van der Waals surface area contributed by atoms with Gasteiger partial charge in [-0.15, -0.1) is 0 Å². The van der Waals surface area contributed by atoms with Crippen LogP contribution >= 0.6 is 0 Å². The van der Waals surface area contributed by atoms with E-state index in [0.717, 1.165) is 18.5 Å². The lowest BCUT2D eigenvalue weighted by molar-refractivity contribution is 0.237. The Hall–Kier alpha value is -1.55. The number of urea groups is 1. The number of rotatable bonds is 6. The predicted octanol–water partition coefficient (Wildman–Crippen LogP) is 1.61. The standard InChI is InChI=1S/C14H21N3O/c15-9-8-14(6-7-14)11-17-13(18)16-10-12-4-2-1-3-5-12/h1-5H,6-11,15H2,(H2,16,17,18). The summed E-state index contributed by atoms with van der Waals surface area (Å²) in [5, 5.41) is 5.80. The first-order valence-corrected chi connectivity index (χ1v) is 6.50. The lowest BCUT2D eigenvalue weighted by Crippen LogP contribution is -2.38. The molecule has 0 unspecified atom stereocenters. The highest BCUT2D eigenvalue weighted by Crippen LogP contribution is 2.47. The first kappa shape index (κ1) is 12.9. The Balaban J connectivity index is 1.67. The fraction of sp³-hybridized carbons (Fsp3) is 0.500. The summed E-state index contributed by atoms with van der Waals surface area (Å²) in [4.78, 5) is 11.6. The molecule has 0 atom stereocenters. The van der Waals surface area contributed by atoms with E-state index in [1.165, 1.54) is 12.8 Å². The summed E-state index contributed by atoms with van der Waals surface area (Å²) in [5.41, 5.74) is 6.97. The summed E-state index contributed by atoms with van der Waals surface area (Å²) in [6, 6.07) is 9.80. The third-order valence-corrected chi connectivity index (χ3v) is 3.55. The molecule has 18 heavy (non-hydrogen) atoms. The molecule has 4 N–H and O–H groups in total. The molecule has 1 aromatic rings. The van der Waals surface area contributed by atoms with Crippen LogP contribution in [-0.2, 0) is 6.54 Å². The largest absolute Gasteiger partial charge is 0.338 e. The maximum absolute atomic E-state index is 11.6. The number of benzene rings is 1. The quantitative estimate of drug-likeness (QED) is 0.715. The van der Waals surface area contributed by atoms with E-state index in [4.69, 9.17) is 5.73 Å². The average molecular weight is 247 g/mol. The highest BCUT2D eigenvalue weighted by Gasteiger charge is 2.41. The summed E-state index contributed by atoms with van der Waals surface area (Å²) in [6.45, 7) is 2.01. The molecule has 0 saturated heterocycles. The van der Waals surface area contributed by atoms with Gasteiger partial charge >= 0.3 is 6.03 Å². The molecule has 0 spiro atoms. The lowest BCUT2D eigenvalue weighted by Gasteiger charge is -2.15. The Morgan fingerprint density at radius 1 is 1.22 bits per heavy atom. The second kappa shape index (κ2) is 5.87. The van der Waals surface area contributed by atoms with Crippen LogP contribution in [0.1, 0.15) is 24.8 Å². The van der Waals surface area contributed by atoms with Gasteiger partial charge in [-0.1, -0.05) is 30.3 Å². The van der Waals surface area contributed by atoms with Crippen molar-refractivity contribution in [1.29, 1.82) is 0 Å². The van der Waals surface area contributed by atoms with Crippen LogP contribution in [0, 0.1) is 5.41 Å². The van der Waals surface area contributed by atoms with E-state index in [-0.39, 0.29) is 6.03 Å². The maximum Gasteiger partial charge on any atom is 0.315 e. The van der Waals surface area contributed by atoms with Crippen molar-refractivity contribution in [2.45, 2.75) is 25.8 Å². The molecule has 1 fully saturated rings. The number of nitrogens with one attached hydrogen (secondary N) is 2. The molecule has 1 aliphatic rings. The number of amides is 2. The Morgan fingerprint density at radius 2 is 1.94 bits per heavy atom. The second-order valence-electron chi connectivity index (χ2n) is 5.06. The molecule has 0 bridgehead atoms. The van der Waals surface area contributed by atoms with E-state index in [2.05, 4.69) is 10.6 Å². The van der Waals surface area contributed by atoms with Gasteiger partial charge in [0.05, 0.1) is 0 Å². The molecule has 4 nitrogen and oxygen atoms in total. The molecule has 0 heterocycles. The molecule has 2 amide bonds. The summed E-state index contributed by atoms with van der Waals surface area (Å²) >= 11 is 0. The van der Waals surface area contributed by atoms with Gasteiger partial charge in [0.25, 0.3) is 0 Å². The number of hydrogen-bond donors (Lipinski definition) is 3. The third-order valence-electron chi connectivity index (χ3n) is 3.55. The molecule has 0 aromatic heterocycles. The zero-order chi connectivity index (χ0) is 12.8. The molecule has 1 saturated carbocycles. The van der Waals surface area contributed by atoms with E-state index in [1.807, 2.05) is 30.3 Å².